The van der Waals surface area contributed by atoms with Crippen molar-refractivity contribution in [3.8, 4) is 5.75 Å². The second kappa shape index (κ2) is 7.15. The number of rotatable bonds is 6. The van der Waals surface area contributed by atoms with E-state index in [9.17, 15) is 14.4 Å². The summed E-state index contributed by atoms with van der Waals surface area (Å²) in [4.78, 5) is 40.1. The summed E-state index contributed by atoms with van der Waals surface area (Å²) in [5.74, 6) is -0.710. The molecule has 1 atom stereocenters. The molecule has 0 aliphatic carbocycles. The number of carbonyl (C=O) groups excluding carboxylic acids is 1. The van der Waals surface area contributed by atoms with Gasteiger partial charge >= 0.3 is 5.97 Å². The Morgan fingerprint density at radius 3 is 2.85 bits per heavy atom. The fraction of sp³-hybridized carbons (Fsp3) is 0.444. The van der Waals surface area contributed by atoms with Gasteiger partial charge in [0.25, 0.3) is 11.5 Å². The van der Waals surface area contributed by atoms with Crippen LogP contribution in [0.15, 0.2) is 23.0 Å². The van der Waals surface area contributed by atoms with Crippen molar-refractivity contribution < 1.29 is 19.4 Å². The zero-order chi connectivity index (χ0) is 18.8. The Labute approximate surface area is 149 Å². The van der Waals surface area contributed by atoms with Gasteiger partial charge in [-0.25, -0.2) is 9.78 Å². The van der Waals surface area contributed by atoms with E-state index >= 15 is 0 Å². The summed E-state index contributed by atoms with van der Waals surface area (Å²) < 4.78 is 7.10. The first-order chi connectivity index (χ1) is 12.4. The van der Waals surface area contributed by atoms with Crippen molar-refractivity contribution in [1.82, 2.24) is 14.9 Å². The first-order valence-electron chi connectivity index (χ1n) is 8.55. The lowest BCUT2D eigenvalue weighted by Crippen LogP contribution is -2.46. The zero-order valence-corrected chi connectivity index (χ0v) is 14.7. The molecule has 138 valence electrons. The van der Waals surface area contributed by atoms with Gasteiger partial charge in [-0.3, -0.25) is 14.2 Å². The third-order valence-electron chi connectivity index (χ3n) is 4.41. The van der Waals surface area contributed by atoms with E-state index in [0.717, 1.165) is 18.7 Å². The van der Waals surface area contributed by atoms with Crippen molar-refractivity contribution in [2.75, 3.05) is 6.61 Å². The van der Waals surface area contributed by atoms with Crippen LogP contribution in [0.4, 0.5) is 0 Å². The summed E-state index contributed by atoms with van der Waals surface area (Å²) in [7, 11) is 0. The first kappa shape index (κ1) is 17.9. The van der Waals surface area contributed by atoms with Gasteiger partial charge in [-0.15, -0.1) is 0 Å². The summed E-state index contributed by atoms with van der Waals surface area (Å²) in [6, 6.07) is 3.93. The highest BCUT2D eigenvalue weighted by atomic mass is 16.5. The molecule has 0 radical (unpaired) electrons. The van der Waals surface area contributed by atoms with Crippen LogP contribution in [0.3, 0.4) is 0 Å². The lowest BCUT2D eigenvalue weighted by molar-refractivity contribution is -0.143. The molecule has 1 amide bonds. The molecule has 1 aromatic carbocycles. The van der Waals surface area contributed by atoms with Crippen LogP contribution in [0, 0.1) is 5.92 Å². The number of aryl methyl sites for hydroxylation is 1. The average molecular weight is 359 g/mol. The molecular weight excluding hydrogens is 338 g/mol. The first-order valence-corrected chi connectivity index (χ1v) is 8.55. The predicted molar refractivity (Wildman–Crippen MR) is 94.2 cm³/mol. The number of carboxylic acid groups (broad SMARTS) is 1. The van der Waals surface area contributed by atoms with Gasteiger partial charge in [-0.05, 0) is 30.5 Å². The Morgan fingerprint density at radius 2 is 2.15 bits per heavy atom. The molecular formula is C18H21N3O5. The molecule has 2 N–H and O–H groups in total. The fourth-order valence-electron chi connectivity index (χ4n) is 3.03. The topological polar surface area (TPSA) is 111 Å². The number of ether oxygens (including phenoxy) is 1. The van der Waals surface area contributed by atoms with Crippen molar-refractivity contribution in [2.45, 2.75) is 39.3 Å². The van der Waals surface area contributed by atoms with Crippen molar-refractivity contribution in [2.24, 2.45) is 5.92 Å². The Morgan fingerprint density at radius 1 is 1.38 bits per heavy atom. The lowest BCUT2D eigenvalue weighted by Gasteiger charge is -2.18. The largest absolute Gasteiger partial charge is 0.484 e. The van der Waals surface area contributed by atoms with Gasteiger partial charge in [0.1, 0.15) is 17.6 Å². The minimum absolute atomic E-state index is 0.108. The van der Waals surface area contributed by atoms with Gasteiger partial charge in [0.05, 0.1) is 10.9 Å². The van der Waals surface area contributed by atoms with Crippen molar-refractivity contribution in [1.29, 1.82) is 0 Å². The SMILES string of the molecule is CC(C)[C@H](NC(=O)COc1ccc2nc3n(c(=O)c2c1)CCC3)C(=O)O. The molecule has 0 unspecified atom stereocenters. The monoisotopic (exact) mass is 359 g/mol. The van der Waals surface area contributed by atoms with Crippen LogP contribution in [0.1, 0.15) is 26.1 Å². The van der Waals surface area contributed by atoms with E-state index in [1.54, 1.807) is 36.6 Å². The normalized spacial score (nSPS) is 14.3. The maximum Gasteiger partial charge on any atom is 0.326 e. The summed E-state index contributed by atoms with van der Waals surface area (Å²) >= 11 is 0. The van der Waals surface area contributed by atoms with E-state index < -0.39 is 17.9 Å². The highest BCUT2D eigenvalue weighted by molar-refractivity contribution is 5.84. The van der Waals surface area contributed by atoms with E-state index in [1.807, 2.05) is 0 Å². The zero-order valence-electron chi connectivity index (χ0n) is 14.7. The number of aromatic nitrogens is 2. The van der Waals surface area contributed by atoms with Crippen LogP contribution in [0.25, 0.3) is 10.9 Å². The second-order valence-corrected chi connectivity index (χ2v) is 6.68. The number of benzene rings is 1. The smallest absolute Gasteiger partial charge is 0.326 e. The Kier molecular flexibility index (Phi) is 4.92. The highest BCUT2D eigenvalue weighted by Crippen LogP contribution is 2.19. The minimum Gasteiger partial charge on any atom is -0.484 e. The maximum atomic E-state index is 12.5. The molecule has 0 spiro atoms. The predicted octanol–water partition coefficient (Wildman–Crippen LogP) is 0.947. The van der Waals surface area contributed by atoms with Crippen molar-refractivity contribution in [3.05, 3.63) is 34.4 Å². The van der Waals surface area contributed by atoms with Gasteiger partial charge < -0.3 is 15.2 Å². The van der Waals surface area contributed by atoms with E-state index in [2.05, 4.69) is 10.3 Å². The standard InChI is InChI=1S/C18H21N3O5/c1-10(2)16(18(24)25)20-15(22)9-26-11-5-6-13-12(8-11)17(23)21-7-3-4-14(21)19-13/h5-6,8,10,16H,3-4,7,9H2,1-2H3,(H,20,22)(H,24,25)/t16-/m0/s1. The van der Waals surface area contributed by atoms with Crippen LogP contribution < -0.4 is 15.6 Å². The number of carbonyl (C=O) groups is 2. The summed E-state index contributed by atoms with van der Waals surface area (Å²) in [6.07, 6.45) is 1.70. The molecule has 1 aromatic heterocycles. The number of fused-ring (bicyclic) bond motifs is 2. The molecule has 1 aliphatic rings. The van der Waals surface area contributed by atoms with E-state index in [4.69, 9.17) is 9.84 Å². The highest BCUT2D eigenvalue weighted by Gasteiger charge is 2.23. The number of amides is 1. The van der Waals surface area contributed by atoms with E-state index in [1.165, 1.54) is 0 Å². The van der Waals surface area contributed by atoms with Crippen LogP contribution in [0.2, 0.25) is 0 Å². The third kappa shape index (κ3) is 3.54. The van der Waals surface area contributed by atoms with E-state index in [-0.39, 0.29) is 18.1 Å². The Hall–Kier alpha value is -2.90. The van der Waals surface area contributed by atoms with Crippen LogP contribution in [-0.4, -0.2) is 39.2 Å². The molecule has 0 saturated carbocycles. The van der Waals surface area contributed by atoms with Gasteiger partial charge in [0.2, 0.25) is 0 Å². The summed E-state index contributed by atoms with van der Waals surface area (Å²) in [5.41, 5.74) is 0.494. The van der Waals surface area contributed by atoms with Crippen LogP contribution >= 0.6 is 0 Å². The van der Waals surface area contributed by atoms with Gasteiger partial charge in [-0.2, -0.15) is 0 Å². The summed E-state index contributed by atoms with van der Waals surface area (Å²) in [6.45, 7) is 3.75. The quantitative estimate of drug-likeness (QED) is 0.794. The molecule has 2 heterocycles. The lowest BCUT2D eigenvalue weighted by atomic mass is 10.1. The van der Waals surface area contributed by atoms with Crippen molar-refractivity contribution in [3.63, 3.8) is 0 Å². The van der Waals surface area contributed by atoms with Crippen molar-refractivity contribution >= 4 is 22.8 Å². The molecule has 26 heavy (non-hydrogen) atoms. The Bertz CT molecular complexity index is 919. The molecule has 0 saturated heterocycles. The minimum atomic E-state index is -1.09. The van der Waals surface area contributed by atoms with Crippen LogP contribution in [0.5, 0.6) is 5.75 Å². The second-order valence-electron chi connectivity index (χ2n) is 6.68. The number of carboxylic acids is 1. The number of nitrogens with one attached hydrogen (secondary N) is 1. The number of aliphatic carboxylic acids is 1. The maximum absolute atomic E-state index is 12.5. The summed E-state index contributed by atoms with van der Waals surface area (Å²) in [5, 5.41) is 12.0. The van der Waals surface area contributed by atoms with Crippen LogP contribution in [-0.2, 0) is 22.6 Å². The molecule has 3 rings (SSSR count). The number of hydrogen-bond acceptors (Lipinski definition) is 5. The Balaban J connectivity index is 1.73. The number of hydrogen-bond donors (Lipinski definition) is 2. The van der Waals surface area contributed by atoms with E-state index in [0.29, 0.717) is 23.2 Å². The molecule has 0 bridgehead atoms. The molecule has 8 heteroatoms. The molecule has 1 aliphatic heterocycles. The number of nitrogens with zero attached hydrogens (tertiary/aromatic N) is 2. The average Bonchev–Trinajstić information content (AvgIpc) is 3.06. The van der Waals surface area contributed by atoms with Gasteiger partial charge in [0.15, 0.2) is 6.61 Å². The third-order valence-corrected chi connectivity index (χ3v) is 4.41. The van der Waals surface area contributed by atoms with Gasteiger partial charge in [-0.1, -0.05) is 13.8 Å². The molecule has 0 fully saturated rings. The molecule has 8 nitrogen and oxygen atoms in total. The van der Waals surface area contributed by atoms with Gasteiger partial charge in [0, 0.05) is 13.0 Å². The molecule has 2 aromatic rings. The fourth-order valence-corrected chi connectivity index (χ4v) is 3.03.